The van der Waals surface area contributed by atoms with Crippen LogP contribution in [0.3, 0.4) is 0 Å². The molecule has 2 nitrogen and oxygen atoms in total. The Hall–Kier alpha value is -1.12. The molecule has 1 saturated carbocycles. The van der Waals surface area contributed by atoms with Gasteiger partial charge in [-0.2, -0.15) is 0 Å². The molecule has 0 unspecified atom stereocenters. The highest BCUT2D eigenvalue weighted by Crippen LogP contribution is 2.17. The Morgan fingerprint density at radius 1 is 1.09 bits per heavy atom. The number of aryl methyl sites for hydroxylation is 1. The molecule has 1 fully saturated rings. The van der Waals surface area contributed by atoms with E-state index in [1.807, 2.05) is 7.05 Å². The zero-order valence-electron chi connectivity index (χ0n) is 15.6. The van der Waals surface area contributed by atoms with E-state index in [0.717, 1.165) is 19.0 Å². The summed E-state index contributed by atoms with van der Waals surface area (Å²) >= 11 is 0. The molecule has 0 amide bonds. The Morgan fingerprint density at radius 3 is 2.35 bits per heavy atom. The zero-order chi connectivity index (χ0) is 16.9. The third-order valence-corrected chi connectivity index (χ3v) is 4.57. The van der Waals surface area contributed by atoms with Crippen LogP contribution in [0.1, 0.15) is 68.6 Å². The highest BCUT2D eigenvalue weighted by atomic mass is 14.9. The molecule has 0 heterocycles. The maximum absolute atomic E-state index is 3.34. The van der Waals surface area contributed by atoms with Crippen molar-refractivity contribution in [2.24, 2.45) is 0 Å². The summed E-state index contributed by atoms with van der Waals surface area (Å²) < 4.78 is 0. The summed E-state index contributed by atoms with van der Waals surface area (Å²) in [7, 11) is 4.06. The molecule has 1 aliphatic rings. The van der Waals surface area contributed by atoms with E-state index < -0.39 is 0 Å². The highest BCUT2D eigenvalue weighted by molar-refractivity contribution is 5.57. The van der Waals surface area contributed by atoms with Crippen LogP contribution < -0.4 is 10.6 Å². The molecule has 1 aliphatic carbocycles. The largest absolute Gasteiger partial charge is 0.317 e. The van der Waals surface area contributed by atoms with Crippen molar-refractivity contribution in [1.29, 1.82) is 0 Å². The van der Waals surface area contributed by atoms with Crippen molar-refractivity contribution in [2.45, 2.75) is 71.4 Å². The highest BCUT2D eigenvalue weighted by Gasteiger charge is 2.08. The molecule has 1 aromatic rings. The van der Waals surface area contributed by atoms with Gasteiger partial charge in [-0.3, -0.25) is 0 Å². The molecule has 1 aromatic carbocycles. The van der Waals surface area contributed by atoms with E-state index >= 15 is 0 Å². The van der Waals surface area contributed by atoms with Crippen molar-refractivity contribution >= 4 is 6.08 Å². The fourth-order valence-corrected chi connectivity index (χ4v) is 3.13. The van der Waals surface area contributed by atoms with Crippen molar-refractivity contribution in [2.75, 3.05) is 14.1 Å². The molecule has 0 saturated heterocycles. The lowest BCUT2D eigenvalue weighted by Gasteiger charge is -2.10. The topological polar surface area (TPSA) is 24.1 Å². The van der Waals surface area contributed by atoms with Crippen LogP contribution >= 0.6 is 0 Å². The van der Waals surface area contributed by atoms with Crippen LogP contribution in [0.5, 0.6) is 0 Å². The molecule has 2 rings (SSSR count). The van der Waals surface area contributed by atoms with E-state index in [9.17, 15) is 0 Å². The molecule has 0 aromatic heterocycles. The van der Waals surface area contributed by atoms with Gasteiger partial charge in [0.1, 0.15) is 0 Å². The number of benzene rings is 1. The number of hydrogen-bond donors (Lipinski definition) is 2. The maximum Gasteiger partial charge on any atom is 0.0208 e. The summed E-state index contributed by atoms with van der Waals surface area (Å²) in [5, 5.41) is 6.54. The van der Waals surface area contributed by atoms with Gasteiger partial charge in [0.2, 0.25) is 0 Å². The normalized spacial score (nSPS) is 16.0. The van der Waals surface area contributed by atoms with Gasteiger partial charge >= 0.3 is 0 Å². The molecular formula is C21H36N2. The minimum Gasteiger partial charge on any atom is -0.317 e. The van der Waals surface area contributed by atoms with Crippen LogP contribution in [0.25, 0.3) is 6.08 Å². The average molecular weight is 317 g/mol. The number of rotatable bonds is 5. The Bertz CT molecular complexity index is 443. The third-order valence-electron chi connectivity index (χ3n) is 4.57. The van der Waals surface area contributed by atoms with Crippen molar-refractivity contribution in [3.63, 3.8) is 0 Å². The summed E-state index contributed by atoms with van der Waals surface area (Å²) in [5.74, 6) is 0. The monoisotopic (exact) mass is 316 g/mol. The first-order valence-electron chi connectivity index (χ1n) is 9.29. The van der Waals surface area contributed by atoms with Crippen LogP contribution in [-0.4, -0.2) is 20.1 Å². The molecule has 0 spiro atoms. The maximum atomic E-state index is 3.34. The summed E-state index contributed by atoms with van der Waals surface area (Å²) in [5.41, 5.74) is 4.09. The quantitative estimate of drug-likeness (QED) is 0.741. The van der Waals surface area contributed by atoms with E-state index in [1.165, 1.54) is 55.2 Å². The summed E-state index contributed by atoms with van der Waals surface area (Å²) in [6, 6.07) is 7.28. The lowest BCUT2D eigenvalue weighted by atomic mass is 10.0. The third kappa shape index (κ3) is 7.81. The van der Waals surface area contributed by atoms with Gasteiger partial charge in [0.25, 0.3) is 0 Å². The second-order valence-electron chi connectivity index (χ2n) is 6.47. The first kappa shape index (κ1) is 19.9. The van der Waals surface area contributed by atoms with Crippen LogP contribution in [0.15, 0.2) is 24.3 Å². The lowest BCUT2D eigenvalue weighted by Crippen LogP contribution is -2.23. The van der Waals surface area contributed by atoms with Crippen LogP contribution in [0, 0.1) is 6.92 Å². The molecule has 130 valence electrons. The van der Waals surface area contributed by atoms with Gasteiger partial charge in [0, 0.05) is 12.6 Å². The van der Waals surface area contributed by atoms with Crippen LogP contribution in [0.4, 0.5) is 0 Å². The van der Waals surface area contributed by atoms with Crippen molar-refractivity contribution in [3.05, 3.63) is 41.0 Å². The van der Waals surface area contributed by atoms with E-state index in [4.69, 9.17) is 0 Å². The second kappa shape index (κ2) is 12.3. The lowest BCUT2D eigenvalue weighted by molar-refractivity contribution is 0.499. The van der Waals surface area contributed by atoms with Gasteiger partial charge in [0.05, 0.1) is 0 Å². The van der Waals surface area contributed by atoms with E-state index in [0.29, 0.717) is 0 Å². The smallest absolute Gasteiger partial charge is 0.0208 e. The van der Waals surface area contributed by atoms with Crippen LogP contribution in [-0.2, 0) is 6.54 Å². The van der Waals surface area contributed by atoms with Gasteiger partial charge in [0.15, 0.2) is 0 Å². The van der Waals surface area contributed by atoms with Crippen molar-refractivity contribution < 1.29 is 0 Å². The molecule has 2 N–H and O–H groups in total. The van der Waals surface area contributed by atoms with Gasteiger partial charge in [-0.25, -0.2) is 0 Å². The van der Waals surface area contributed by atoms with Crippen molar-refractivity contribution in [1.82, 2.24) is 10.6 Å². The Balaban J connectivity index is 0.000000253. The number of nitrogens with one attached hydrogen (secondary N) is 2. The van der Waals surface area contributed by atoms with Gasteiger partial charge in [-0.1, -0.05) is 63.0 Å². The Kier molecular flexibility index (Phi) is 10.7. The van der Waals surface area contributed by atoms with Crippen LogP contribution in [0.2, 0.25) is 0 Å². The Morgan fingerprint density at radius 2 is 1.78 bits per heavy atom. The Labute approximate surface area is 143 Å². The second-order valence-corrected chi connectivity index (χ2v) is 6.47. The molecule has 0 radical (unpaired) electrons. The van der Waals surface area contributed by atoms with E-state index in [1.54, 1.807) is 0 Å². The van der Waals surface area contributed by atoms with Gasteiger partial charge < -0.3 is 10.6 Å². The molecule has 0 aliphatic heterocycles. The predicted octanol–water partition coefficient (Wildman–Crippen LogP) is 5.07. The SMILES string of the molecule is CC/C=C\c1c(C)cccc1CNC.CNC1CCCCCC1. The molecule has 23 heavy (non-hydrogen) atoms. The summed E-state index contributed by atoms with van der Waals surface area (Å²) in [6.45, 7) is 5.26. The molecule has 0 bridgehead atoms. The average Bonchev–Trinajstić information content (AvgIpc) is 2.84. The fourth-order valence-electron chi connectivity index (χ4n) is 3.13. The predicted molar refractivity (Wildman–Crippen MR) is 104 cm³/mol. The van der Waals surface area contributed by atoms with Gasteiger partial charge in [-0.05, 0) is 57.0 Å². The first-order chi connectivity index (χ1) is 11.2. The number of hydrogen-bond acceptors (Lipinski definition) is 2. The van der Waals surface area contributed by atoms with Gasteiger partial charge in [-0.15, -0.1) is 0 Å². The standard InChI is InChI=1S/C13H19N.C8H17N/c1-4-5-9-13-11(2)7-6-8-12(13)10-14-3;1-9-8-6-4-2-3-5-7-8/h5-9,14H,4,10H2,1-3H3;8-9H,2-7H2,1H3/b9-5-;. The number of allylic oxidation sites excluding steroid dienone is 1. The fraction of sp³-hybridized carbons (Fsp3) is 0.619. The summed E-state index contributed by atoms with van der Waals surface area (Å²) in [4.78, 5) is 0. The molecule has 2 heteroatoms. The van der Waals surface area contributed by atoms with E-state index in [-0.39, 0.29) is 0 Å². The summed E-state index contributed by atoms with van der Waals surface area (Å²) in [6.07, 6.45) is 14.1. The molecule has 0 atom stereocenters. The van der Waals surface area contributed by atoms with Crippen molar-refractivity contribution in [3.8, 4) is 0 Å². The molecular weight excluding hydrogens is 280 g/mol. The first-order valence-corrected chi connectivity index (χ1v) is 9.29. The zero-order valence-corrected chi connectivity index (χ0v) is 15.6. The minimum atomic E-state index is 0.826. The van der Waals surface area contributed by atoms with E-state index in [2.05, 4.69) is 61.9 Å². The minimum absolute atomic E-state index is 0.826.